The highest BCUT2D eigenvalue weighted by atomic mass is 15.2. The molecular weight excluding hydrogens is 388 g/mol. The lowest BCUT2D eigenvalue weighted by atomic mass is 9.92. The Balaban J connectivity index is 1.66. The largest absolute Gasteiger partial charge is 0.353 e. The number of rotatable bonds is 4. The highest BCUT2D eigenvalue weighted by Gasteiger charge is 2.28. The van der Waals surface area contributed by atoms with E-state index >= 15 is 0 Å². The van der Waals surface area contributed by atoms with Gasteiger partial charge in [-0.05, 0) is 48.4 Å². The van der Waals surface area contributed by atoms with Crippen LogP contribution < -0.4 is 4.90 Å². The third-order valence-electron chi connectivity index (χ3n) is 5.94. The van der Waals surface area contributed by atoms with Crippen LogP contribution in [-0.2, 0) is 0 Å². The molecule has 0 fully saturated rings. The van der Waals surface area contributed by atoms with E-state index < -0.39 is 0 Å². The minimum Gasteiger partial charge on any atom is -0.353 e. The molecule has 0 spiro atoms. The monoisotopic (exact) mass is 414 g/mol. The second-order valence-corrected chi connectivity index (χ2v) is 8.13. The van der Waals surface area contributed by atoms with Gasteiger partial charge in [0, 0.05) is 28.8 Å². The SMILES string of the molecule is CCCCN1c2ccccc2C=C(c2ccc3ccccc3n2)[C@@H]1C#Cc1ccccc1. The van der Waals surface area contributed by atoms with E-state index in [-0.39, 0.29) is 6.04 Å². The number of nitrogens with zero attached hydrogens (tertiary/aromatic N) is 2. The smallest absolute Gasteiger partial charge is 0.118 e. The summed E-state index contributed by atoms with van der Waals surface area (Å²) in [6, 6.07) is 31.4. The zero-order chi connectivity index (χ0) is 21.8. The summed E-state index contributed by atoms with van der Waals surface area (Å²) in [5, 5.41) is 1.16. The summed E-state index contributed by atoms with van der Waals surface area (Å²) in [5.74, 6) is 7.03. The van der Waals surface area contributed by atoms with E-state index in [2.05, 4.69) is 96.5 Å². The lowest BCUT2D eigenvalue weighted by molar-refractivity contribution is 0.715. The molecule has 2 nitrogen and oxygen atoms in total. The number of hydrogen-bond donors (Lipinski definition) is 0. The van der Waals surface area contributed by atoms with Gasteiger partial charge < -0.3 is 4.90 Å². The molecule has 0 N–H and O–H groups in total. The molecule has 1 aliphatic rings. The number of unbranched alkanes of at least 4 members (excludes halogenated alkanes) is 1. The van der Waals surface area contributed by atoms with Crippen LogP contribution in [0.15, 0.2) is 91.0 Å². The number of fused-ring (bicyclic) bond motifs is 2. The average Bonchev–Trinajstić information content (AvgIpc) is 2.86. The van der Waals surface area contributed by atoms with Crippen LogP contribution in [0.3, 0.4) is 0 Å². The van der Waals surface area contributed by atoms with Gasteiger partial charge in [-0.3, -0.25) is 0 Å². The molecule has 0 saturated heterocycles. The third-order valence-corrected chi connectivity index (χ3v) is 5.94. The van der Waals surface area contributed by atoms with Crippen molar-refractivity contribution in [1.29, 1.82) is 0 Å². The van der Waals surface area contributed by atoms with E-state index in [1.807, 2.05) is 24.3 Å². The Kier molecular flexibility index (Phi) is 5.73. The zero-order valence-electron chi connectivity index (χ0n) is 18.3. The molecule has 1 aromatic heterocycles. The maximum atomic E-state index is 5.03. The van der Waals surface area contributed by atoms with Crippen LogP contribution in [0.25, 0.3) is 22.6 Å². The fourth-order valence-corrected chi connectivity index (χ4v) is 4.27. The molecule has 1 aliphatic heterocycles. The Hall–Kier alpha value is -3.83. The normalized spacial score (nSPS) is 15.0. The number of hydrogen-bond acceptors (Lipinski definition) is 2. The number of aromatic nitrogens is 1. The van der Waals surface area contributed by atoms with Gasteiger partial charge in [0.05, 0.1) is 11.2 Å². The van der Waals surface area contributed by atoms with Gasteiger partial charge in [-0.2, -0.15) is 0 Å². The van der Waals surface area contributed by atoms with Crippen molar-refractivity contribution in [2.45, 2.75) is 25.8 Å². The average molecular weight is 415 g/mol. The molecular formula is C30H26N2. The van der Waals surface area contributed by atoms with Crippen LogP contribution in [0, 0.1) is 11.8 Å². The molecule has 2 heteroatoms. The predicted molar refractivity (Wildman–Crippen MR) is 135 cm³/mol. The maximum Gasteiger partial charge on any atom is 0.118 e. The molecule has 0 unspecified atom stereocenters. The summed E-state index contributed by atoms with van der Waals surface area (Å²) in [6.07, 6.45) is 4.54. The quantitative estimate of drug-likeness (QED) is 0.341. The van der Waals surface area contributed by atoms with Gasteiger partial charge in [0.15, 0.2) is 0 Å². The molecule has 0 bridgehead atoms. The Labute approximate surface area is 190 Å². The van der Waals surface area contributed by atoms with Crippen LogP contribution in [0.5, 0.6) is 0 Å². The molecule has 2 heterocycles. The van der Waals surface area contributed by atoms with E-state index in [4.69, 9.17) is 4.98 Å². The molecule has 5 rings (SSSR count). The molecule has 156 valence electrons. The van der Waals surface area contributed by atoms with Crippen molar-refractivity contribution in [2.24, 2.45) is 0 Å². The Morgan fingerprint density at radius 1 is 0.844 bits per heavy atom. The van der Waals surface area contributed by atoms with Crippen LogP contribution in [0.1, 0.15) is 36.6 Å². The van der Waals surface area contributed by atoms with Crippen LogP contribution in [-0.4, -0.2) is 17.6 Å². The maximum absolute atomic E-state index is 5.03. The second kappa shape index (κ2) is 9.12. The lowest BCUT2D eigenvalue weighted by Crippen LogP contribution is -2.38. The Morgan fingerprint density at radius 2 is 1.62 bits per heavy atom. The summed E-state index contributed by atoms with van der Waals surface area (Å²) in [6.45, 7) is 3.20. The van der Waals surface area contributed by atoms with Gasteiger partial charge in [0.2, 0.25) is 0 Å². The van der Waals surface area contributed by atoms with E-state index in [0.29, 0.717) is 0 Å². The molecule has 0 radical (unpaired) electrons. The first-order valence-electron chi connectivity index (χ1n) is 11.3. The minimum atomic E-state index is -0.0506. The van der Waals surface area contributed by atoms with Gasteiger partial charge in [-0.1, -0.05) is 85.8 Å². The van der Waals surface area contributed by atoms with E-state index in [0.717, 1.165) is 47.1 Å². The van der Waals surface area contributed by atoms with Crippen molar-refractivity contribution in [3.05, 3.63) is 108 Å². The van der Waals surface area contributed by atoms with Crippen LogP contribution in [0.4, 0.5) is 5.69 Å². The number of anilines is 1. The van der Waals surface area contributed by atoms with E-state index in [9.17, 15) is 0 Å². The highest BCUT2D eigenvalue weighted by molar-refractivity contribution is 5.95. The van der Waals surface area contributed by atoms with Crippen molar-refractivity contribution in [2.75, 3.05) is 11.4 Å². The Bertz CT molecular complexity index is 1330. The third kappa shape index (κ3) is 4.03. The van der Waals surface area contributed by atoms with Crippen LogP contribution >= 0.6 is 0 Å². The summed E-state index contributed by atoms with van der Waals surface area (Å²) < 4.78 is 0. The zero-order valence-corrected chi connectivity index (χ0v) is 18.3. The van der Waals surface area contributed by atoms with Gasteiger partial charge >= 0.3 is 0 Å². The second-order valence-electron chi connectivity index (χ2n) is 8.13. The Morgan fingerprint density at radius 3 is 2.50 bits per heavy atom. The predicted octanol–water partition coefficient (Wildman–Crippen LogP) is 6.82. The van der Waals surface area contributed by atoms with Gasteiger partial charge in [-0.25, -0.2) is 4.98 Å². The van der Waals surface area contributed by atoms with Crippen molar-refractivity contribution in [3.8, 4) is 11.8 Å². The molecule has 1 atom stereocenters. The first-order valence-corrected chi connectivity index (χ1v) is 11.3. The summed E-state index contributed by atoms with van der Waals surface area (Å²) >= 11 is 0. The minimum absolute atomic E-state index is 0.0506. The molecule has 3 aromatic carbocycles. The van der Waals surface area contributed by atoms with Gasteiger partial charge in [-0.15, -0.1) is 0 Å². The summed E-state index contributed by atoms with van der Waals surface area (Å²) in [7, 11) is 0. The van der Waals surface area contributed by atoms with Gasteiger partial charge in [0.1, 0.15) is 6.04 Å². The summed E-state index contributed by atoms with van der Waals surface area (Å²) in [5.41, 5.74) is 6.68. The van der Waals surface area contributed by atoms with Crippen molar-refractivity contribution >= 4 is 28.2 Å². The number of pyridine rings is 1. The van der Waals surface area contributed by atoms with Crippen molar-refractivity contribution < 1.29 is 0 Å². The topological polar surface area (TPSA) is 16.1 Å². The van der Waals surface area contributed by atoms with Crippen molar-refractivity contribution in [3.63, 3.8) is 0 Å². The summed E-state index contributed by atoms with van der Waals surface area (Å²) in [4.78, 5) is 7.49. The lowest BCUT2D eigenvalue weighted by Gasteiger charge is -2.36. The number of para-hydroxylation sites is 2. The molecule has 0 saturated carbocycles. The van der Waals surface area contributed by atoms with Gasteiger partial charge in [0.25, 0.3) is 0 Å². The number of benzene rings is 3. The molecule has 0 aliphatic carbocycles. The molecule has 4 aromatic rings. The van der Waals surface area contributed by atoms with E-state index in [1.165, 1.54) is 11.3 Å². The first kappa shape index (κ1) is 20.1. The van der Waals surface area contributed by atoms with E-state index in [1.54, 1.807) is 0 Å². The standard InChI is InChI=1S/C30H26N2/c1-2-3-21-32-29-16-10-8-14-25(29)22-26(30(32)20-17-23-11-5-4-6-12-23)28-19-18-24-13-7-9-15-27(24)31-28/h4-16,18-19,22,30H,2-3,21H2,1H3/t30-/m0/s1. The first-order chi connectivity index (χ1) is 15.8. The fraction of sp³-hybridized carbons (Fsp3) is 0.167. The van der Waals surface area contributed by atoms with Crippen molar-refractivity contribution in [1.82, 2.24) is 4.98 Å². The molecule has 32 heavy (non-hydrogen) atoms. The fourth-order valence-electron chi connectivity index (χ4n) is 4.27. The highest BCUT2D eigenvalue weighted by Crippen LogP contribution is 2.37. The van der Waals surface area contributed by atoms with Crippen LogP contribution in [0.2, 0.25) is 0 Å². The molecule has 0 amide bonds.